The van der Waals surface area contributed by atoms with Gasteiger partial charge < -0.3 is 10.0 Å². The summed E-state index contributed by atoms with van der Waals surface area (Å²) in [6.45, 7) is 2.14. The van der Waals surface area contributed by atoms with Crippen LogP contribution < -0.4 is 0 Å². The molecule has 6 heteroatoms. The van der Waals surface area contributed by atoms with Crippen LogP contribution in [0.1, 0.15) is 23.0 Å². The number of benzene rings is 1. The minimum atomic E-state index is -0.448. The van der Waals surface area contributed by atoms with Crippen molar-refractivity contribution in [2.75, 3.05) is 13.6 Å². The predicted octanol–water partition coefficient (Wildman–Crippen LogP) is 2.79. The molecule has 2 rings (SSSR count). The summed E-state index contributed by atoms with van der Waals surface area (Å²) in [7, 11) is 1.67. The van der Waals surface area contributed by atoms with E-state index in [1.54, 1.807) is 32.2 Å². The van der Waals surface area contributed by atoms with Gasteiger partial charge in [-0.1, -0.05) is 12.1 Å². The molecule has 0 fully saturated rings. The van der Waals surface area contributed by atoms with Crippen LogP contribution >= 0.6 is 11.3 Å². The maximum absolute atomic E-state index is 13.7. The lowest BCUT2D eigenvalue weighted by molar-refractivity contribution is 0.0773. The number of aromatic nitrogens is 1. The van der Waals surface area contributed by atoms with Crippen molar-refractivity contribution in [2.24, 2.45) is 0 Å². The lowest BCUT2D eigenvalue weighted by Crippen LogP contribution is -2.28. The highest BCUT2D eigenvalue weighted by Crippen LogP contribution is 2.27. The molecule has 1 aromatic heterocycles. The molecule has 0 bridgehead atoms. The standard InChI is InChI=1S/C15H17FN2O2S/c1-10(19)7-8-18(2)15(20)13-9-17-14(21-13)11-5-3-4-6-12(11)16/h3-6,9-10,19H,7-8H2,1-2H3. The molecule has 0 radical (unpaired) electrons. The lowest BCUT2D eigenvalue weighted by Gasteiger charge is -2.16. The van der Waals surface area contributed by atoms with Crippen LogP contribution in [-0.4, -0.2) is 40.6 Å². The number of halogens is 1. The minimum absolute atomic E-state index is 0.171. The summed E-state index contributed by atoms with van der Waals surface area (Å²) >= 11 is 1.17. The van der Waals surface area contributed by atoms with Gasteiger partial charge in [0.1, 0.15) is 15.7 Å². The molecule has 1 atom stereocenters. The highest BCUT2D eigenvalue weighted by molar-refractivity contribution is 7.16. The van der Waals surface area contributed by atoms with Gasteiger partial charge in [0, 0.05) is 19.2 Å². The molecule has 0 aliphatic rings. The van der Waals surface area contributed by atoms with Crippen LogP contribution in [0.5, 0.6) is 0 Å². The predicted molar refractivity (Wildman–Crippen MR) is 80.8 cm³/mol. The first-order valence-electron chi connectivity index (χ1n) is 6.63. The average molecular weight is 308 g/mol. The maximum Gasteiger partial charge on any atom is 0.265 e. The first kappa shape index (κ1) is 15.6. The Kier molecular flexibility index (Phi) is 5.03. The van der Waals surface area contributed by atoms with Gasteiger partial charge >= 0.3 is 0 Å². The van der Waals surface area contributed by atoms with E-state index in [1.807, 2.05) is 0 Å². The van der Waals surface area contributed by atoms with E-state index in [1.165, 1.54) is 28.5 Å². The summed E-state index contributed by atoms with van der Waals surface area (Å²) in [5.74, 6) is -0.524. The van der Waals surface area contributed by atoms with Gasteiger partial charge in [-0.3, -0.25) is 4.79 Å². The first-order valence-corrected chi connectivity index (χ1v) is 7.45. The molecule has 1 heterocycles. The number of thiazole rings is 1. The minimum Gasteiger partial charge on any atom is -0.393 e. The molecular formula is C15H17FN2O2S. The Morgan fingerprint density at radius 1 is 1.48 bits per heavy atom. The molecular weight excluding hydrogens is 291 g/mol. The number of aliphatic hydroxyl groups excluding tert-OH is 1. The number of rotatable bonds is 5. The molecule has 4 nitrogen and oxygen atoms in total. The third kappa shape index (κ3) is 3.86. The molecule has 0 aliphatic carbocycles. The number of aliphatic hydroxyl groups is 1. The highest BCUT2D eigenvalue weighted by atomic mass is 32.1. The van der Waals surface area contributed by atoms with E-state index >= 15 is 0 Å². The van der Waals surface area contributed by atoms with Crippen molar-refractivity contribution in [3.05, 3.63) is 41.2 Å². The Labute approximate surface area is 126 Å². The van der Waals surface area contributed by atoms with Crippen molar-refractivity contribution in [3.63, 3.8) is 0 Å². The monoisotopic (exact) mass is 308 g/mol. The Morgan fingerprint density at radius 3 is 2.86 bits per heavy atom. The Balaban J connectivity index is 2.13. The Hall–Kier alpha value is -1.79. The van der Waals surface area contributed by atoms with Crippen LogP contribution in [0.4, 0.5) is 4.39 Å². The highest BCUT2D eigenvalue weighted by Gasteiger charge is 2.17. The van der Waals surface area contributed by atoms with Gasteiger partial charge in [-0.05, 0) is 25.5 Å². The number of nitrogens with zero attached hydrogens (tertiary/aromatic N) is 2. The lowest BCUT2D eigenvalue weighted by atomic mass is 10.2. The van der Waals surface area contributed by atoms with Gasteiger partial charge in [0.05, 0.1) is 12.3 Å². The van der Waals surface area contributed by atoms with Gasteiger partial charge in [-0.15, -0.1) is 11.3 Å². The van der Waals surface area contributed by atoms with E-state index in [4.69, 9.17) is 0 Å². The van der Waals surface area contributed by atoms with Crippen molar-refractivity contribution in [2.45, 2.75) is 19.4 Å². The van der Waals surface area contributed by atoms with Crippen LogP contribution in [0.3, 0.4) is 0 Å². The van der Waals surface area contributed by atoms with Gasteiger partial charge in [0.25, 0.3) is 5.91 Å². The molecule has 1 aromatic carbocycles. The molecule has 1 amide bonds. The number of hydrogen-bond donors (Lipinski definition) is 1. The Bertz CT molecular complexity index is 628. The van der Waals surface area contributed by atoms with E-state index in [2.05, 4.69) is 4.98 Å². The van der Waals surface area contributed by atoms with E-state index in [-0.39, 0.29) is 11.7 Å². The summed E-state index contributed by atoms with van der Waals surface area (Å²) in [4.78, 5) is 18.3. The molecule has 21 heavy (non-hydrogen) atoms. The molecule has 0 spiro atoms. The summed E-state index contributed by atoms with van der Waals surface area (Å²) in [6.07, 6.45) is 1.53. The zero-order chi connectivity index (χ0) is 15.4. The molecule has 1 N–H and O–H groups in total. The van der Waals surface area contributed by atoms with Crippen LogP contribution in [0.2, 0.25) is 0 Å². The van der Waals surface area contributed by atoms with Crippen LogP contribution in [-0.2, 0) is 0 Å². The number of hydrogen-bond acceptors (Lipinski definition) is 4. The van der Waals surface area contributed by atoms with E-state index < -0.39 is 6.10 Å². The average Bonchev–Trinajstić information content (AvgIpc) is 2.94. The van der Waals surface area contributed by atoms with Gasteiger partial charge in [-0.2, -0.15) is 0 Å². The molecule has 0 aliphatic heterocycles. The topological polar surface area (TPSA) is 53.4 Å². The van der Waals surface area contributed by atoms with E-state index in [9.17, 15) is 14.3 Å². The molecule has 2 aromatic rings. The van der Waals surface area contributed by atoms with Crippen molar-refractivity contribution in [1.82, 2.24) is 9.88 Å². The summed E-state index contributed by atoms with van der Waals surface area (Å²) in [5, 5.41) is 9.73. The third-order valence-electron chi connectivity index (χ3n) is 3.05. The second-order valence-corrected chi connectivity index (χ2v) is 5.90. The molecule has 0 saturated carbocycles. The maximum atomic E-state index is 13.7. The van der Waals surface area contributed by atoms with Crippen LogP contribution in [0.15, 0.2) is 30.5 Å². The van der Waals surface area contributed by atoms with Crippen LogP contribution in [0, 0.1) is 5.82 Å². The zero-order valence-electron chi connectivity index (χ0n) is 11.9. The van der Waals surface area contributed by atoms with E-state index in [0.717, 1.165) is 0 Å². The van der Waals surface area contributed by atoms with Crippen molar-refractivity contribution in [3.8, 4) is 10.6 Å². The van der Waals surface area contributed by atoms with Crippen LogP contribution in [0.25, 0.3) is 10.6 Å². The fraction of sp³-hybridized carbons (Fsp3) is 0.333. The van der Waals surface area contributed by atoms with Gasteiger partial charge in [0.15, 0.2) is 0 Å². The van der Waals surface area contributed by atoms with E-state index in [0.29, 0.717) is 28.4 Å². The quantitative estimate of drug-likeness (QED) is 0.924. The molecule has 1 unspecified atom stereocenters. The fourth-order valence-corrected chi connectivity index (χ4v) is 2.74. The van der Waals surface area contributed by atoms with Gasteiger partial charge in [0.2, 0.25) is 0 Å². The second-order valence-electron chi connectivity index (χ2n) is 4.87. The van der Waals surface area contributed by atoms with Crippen molar-refractivity contribution >= 4 is 17.2 Å². The summed E-state index contributed by atoms with van der Waals surface area (Å²) < 4.78 is 13.7. The van der Waals surface area contributed by atoms with Gasteiger partial charge in [-0.25, -0.2) is 9.37 Å². The summed E-state index contributed by atoms with van der Waals surface area (Å²) in [5.41, 5.74) is 0.396. The number of carbonyl (C=O) groups is 1. The smallest absolute Gasteiger partial charge is 0.265 e. The SMILES string of the molecule is CC(O)CCN(C)C(=O)c1cnc(-c2ccccc2F)s1. The molecule has 112 valence electrons. The van der Waals surface area contributed by atoms with Crippen molar-refractivity contribution < 1.29 is 14.3 Å². The normalized spacial score (nSPS) is 12.2. The summed E-state index contributed by atoms with van der Waals surface area (Å²) in [6, 6.07) is 6.35. The zero-order valence-corrected chi connectivity index (χ0v) is 12.7. The number of carbonyl (C=O) groups excluding carboxylic acids is 1. The second kappa shape index (κ2) is 6.78. The largest absolute Gasteiger partial charge is 0.393 e. The third-order valence-corrected chi connectivity index (χ3v) is 4.07. The molecule has 0 saturated heterocycles. The Morgan fingerprint density at radius 2 is 2.19 bits per heavy atom. The first-order chi connectivity index (χ1) is 9.99. The van der Waals surface area contributed by atoms with Crippen molar-refractivity contribution in [1.29, 1.82) is 0 Å². The fourth-order valence-electron chi connectivity index (χ4n) is 1.80. The number of amides is 1.